The molecule has 0 atom stereocenters. The molecule has 5 heteroatoms. The Kier molecular flexibility index (Phi) is 4.20. The van der Waals surface area contributed by atoms with E-state index in [4.69, 9.17) is 4.74 Å². The first kappa shape index (κ1) is 13.9. The van der Waals surface area contributed by atoms with Crippen molar-refractivity contribution in [1.82, 2.24) is 9.99 Å². The smallest absolute Gasteiger partial charge is 0.275 e. The first-order valence-electron chi connectivity index (χ1n) is 6.20. The van der Waals surface area contributed by atoms with Gasteiger partial charge in [-0.05, 0) is 30.7 Å². The lowest BCUT2D eigenvalue weighted by Crippen LogP contribution is -2.18. The van der Waals surface area contributed by atoms with Gasteiger partial charge in [0.25, 0.3) is 5.91 Å². The van der Waals surface area contributed by atoms with Gasteiger partial charge in [0.2, 0.25) is 0 Å². The van der Waals surface area contributed by atoms with Crippen LogP contribution in [-0.2, 0) is 7.05 Å². The van der Waals surface area contributed by atoms with E-state index in [2.05, 4.69) is 10.5 Å². The normalized spacial score (nSPS) is 10.8. The van der Waals surface area contributed by atoms with Crippen LogP contribution in [0, 0.1) is 6.92 Å². The third-order valence-electron chi connectivity index (χ3n) is 2.84. The number of aryl methyl sites for hydroxylation is 2. The van der Waals surface area contributed by atoms with Crippen LogP contribution in [0.15, 0.2) is 41.8 Å². The maximum atomic E-state index is 12.0. The first-order valence-corrected chi connectivity index (χ1v) is 6.20. The van der Waals surface area contributed by atoms with Crippen molar-refractivity contribution in [3.8, 4) is 5.75 Å². The zero-order valence-electron chi connectivity index (χ0n) is 11.8. The fourth-order valence-corrected chi connectivity index (χ4v) is 1.81. The molecule has 0 aliphatic rings. The highest BCUT2D eigenvalue weighted by Crippen LogP contribution is 2.19. The Morgan fingerprint density at radius 3 is 2.85 bits per heavy atom. The predicted octanol–water partition coefficient (Wildman–Crippen LogP) is 2.11. The molecule has 0 aliphatic heterocycles. The Labute approximate surface area is 117 Å². The van der Waals surface area contributed by atoms with Crippen molar-refractivity contribution < 1.29 is 9.53 Å². The molecule has 0 saturated carbocycles. The van der Waals surface area contributed by atoms with E-state index < -0.39 is 0 Å². The van der Waals surface area contributed by atoms with E-state index >= 15 is 0 Å². The number of methoxy groups -OCH3 is 1. The zero-order valence-corrected chi connectivity index (χ0v) is 11.8. The van der Waals surface area contributed by atoms with E-state index in [0.29, 0.717) is 11.3 Å². The molecule has 0 unspecified atom stereocenters. The maximum absolute atomic E-state index is 12.0. The van der Waals surface area contributed by atoms with Gasteiger partial charge < -0.3 is 9.30 Å². The fraction of sp³-hybridized carbons (Fsp3) is 0.200. The summed E-state index contributed by atoms with van der Waals surface area (Å²) in [7, 11) is 3.46. The summed E-state index contributed by atoms with van der Waals surface area (Å²) in [5.41, 5.74) is 4.91. The van der Waals surface area contributed by atoms with Gasteiger partial charge in [-0.1, -0.05) is 6.07 Å². The summed E-state index contributed by atoms with van der Waals surface area (Å²) in [5, 5.41) is 3.94. The van der Waals surface area contributed by atoms with Crippen LogP contribution in [0.2, 0.25) is 0 Å². The second kappa shape index (κ2) is 6.06. The van der Waals surface area contributed by atoms with Crippen molar-refractivity contribution >= 4 is 12.1 Å². The van der Waals surface area contributed by atoms with Gasteiger partial charge in [0.1, 0.15) is 5.75 Å². The van der Waals surface area contributed by atoms with E-state index in [1.807, 2.05) is 49.1 Å². The number of hydrazone groups is 1. The Balaban J connectivity index is 2.07. The highest BCUT2D eigenvalue weighted by Gasteiger charge is 2.11. The van der Waals surface area contributed by atoms with Crippen LogP contribution in [-0.4, -0.2) is 23.8 Å². The summed E-state index contributed by atoms with van der Waals surface area (Å²) in [6.45, 7) is 1.94. The lowest BCUT2D eigenvalue weighted by Gasteiger charge is -2.07. The molecule has 0 bridgehead atoms. The molecule has 2 rings (SSSR count). The molecule has 1 heterocycles. The quantitative estimate of drug-likeness (QED) is 0.684. The van der Waals surface area contributed by atoms with Gasteiger partial charge in [0.05, 0.1) is 18.9 Å². The molecule has 20 heavy (non-hydrogen) atoms. The van der Waals surface area contributed by atoms with Crippen LogP contribution in [0.5, 0.6) is 5.75 Å². The van der Waals surface area contributed by atoms with E-state index in [-0.39, 0.29) is 5.91 Å². The van der Waals surface area contributed by atoms with Crippen LogP contribution in [0.3, 0.4) is 0 Å². The van der Waals surface area contributed by atoms with Crippen molar-refractivity contribution in [1.29, 1.82) is 0 Å². The number of ether oxygens (including phenoxy) is 1. The Morgan fingerprint density at radius 1 is 1.40 bits per heavy atom. The van der Waals surface area contributed by atoms with Crippen molar-refractivity contribution in [2.75, 3.05) is 7.11 Å². The van der Waals surface area contributed by atoms with Crippen LogP contribution in [0.25, 0.3) is 0 Å². The summed E-state index contributed by atoms with van der Waals surface area (Å²) >= 11 is 0. The van der Waals surface area contributed by atoms with Gasteiger partial charge in [-0.2, -0.15) is 5.10 Å². The number of benzene rings is 1. The summed E-state index contributed by atoms with van der Waals surface area (Å²) < 4.78 is 7.11. The fourth-order valence-electron chi connectivity index (χ4n) is 1.81. The van der Waals surface area contributed by atoms with Crippen molar-refractivity contribution in [2.24, 2.45) is 12.1 Å². The van der Waals surface area contributed by atoms with Gasteiger partial charge in [0, 0.05) is 25.0 Å². The molecule has 0 spiro atoms. The minimum atomic E-state index is -0.297. The van der Waals surface area contributed by atoms with Crippen LogP contribution in [0.4, 0.5) is 0 Å². The van der Waals surface area contributed by atoms with E-state index in [1.165, 1.54) is 0 Å². The maximum Gasteiger partial charge on any atom is 0.275 e. The standard InChI is InChI=1S/C15H17N3O2/c1-11-4-5-13(14(8-11)20-3)15(19)17-16-9-12-6-7-18(2)10-12/h4-10H,1-3H3,(H,17,19)/b16-9-. The lowest BCUT2D eigenvalue weighted by atomic mass is 10.1. The summed E-state index contributed by atoms with van der Waals surface area (Å²) in [5.74, 6) is 0.242. The number of aromatic nitrogens is 1. The van der Waals surface area contributed by atoms with Gasteiger partial charge in [-0.3, -0.25) is 4.79 Å². The second-order valence-electron chi connectivity index (χ2n) is 4.51. The van der Waals surface area contributed by atoms with E-state index in [0.717, 1.165) is 11.1 Å². The average molecular weight is 271 g/mol. The van der Waals surface area contributed by atoms with Gasteiger partial charge in [-0.25, -0.2) is 5.43 Å². The molecule has 5 nitrogen and oxygen atoms in total. The van der Waals surface area contributed by atoms with Crippen LogP contribution in [0.1, 0.15) is 21.5 Å². The number of rotatable bonds is 4. The van der Waals surface area contributed by atoms with E-state index in [9.17, 15) is 4.79 Å². The van der Waals surface area contributed by atoms with Crippen molar-refractivity contribution in [3.63, 3.8) is 0 Å². The number of amides is 1. The number of carbonyl (C=O) groups is 1. The third kappa shape index (κ3) is 3.26. The highest BCUT2D eigenvalue weighted by molar-refractivity contribution is 5.97. The van der Waals surface area contributed by atoms with Crippen LogP contribution >= 0.6 is 0 Å². The number of carbonyl (C=O) groups excluding carboxylic acids is 1. The summed E-state index contributed by atoms with van der Waals surface area (Å²) in [6, 6.07) is 7.30. The van der Waals surface area contributed by atoms with Gasteiger partial charge in [0.15, 0.2) is 0 Å². The lowest BCUT2D eigenvalue weighted by molar-refractivity contribution is 0.0952. The minimum Gasteiger partial charge on any atom is -0.496 e. The second-order valence-corrected chi connectivity index (χ2v) is 4.51. The molecule has 0 aliphatic carbocycles. The van der Waals surface area contributed by atoms with E-state index in [1.54, 1.807) is 19.4 Å². The van der Waals surface area contributed by atoms with Crippen LogP contribution < -0.4 is 10.2 Å². The Bertz CT molecular complexity index is 644. The highest BCUT2D eigenvalue weighted by atomic mass is 16.5. The van der Waals surface area contributed by atoms with Gasteiger partial charge in [-0.15, -0.1) is 0 Å². The van der Waals surface area contributed by atoms with Crippen molar-refractivity contribution in [3.05, 3.63) is 53.3 Å². The number of nitrogens with zero attached hydrogens (tertiary/aromatic N) is 2. The monoisotopic (exact) mass is 271 g/mol. The molecule has 104 valence electrons. The molecule has 1 amide bonds. The zero-order chi connectivity index (χ0) is 14.5. The Morgan fingerprint density at radius 2 is 2.20 bits per heavy atom. The molecule has 1 N–H and O–H groups in total. The Hall–Kier alpha value is -2.56. The molecule has 1 aromatic carbocycles. The first-order chi connectivity index (χ1) is 9.60. The average Bonchev–Trinajstić information content (AvgIpc) is 2.84. The number of hydrogen-bond acceptors (Lipinski definition) is 3. The van der Waals surface area contributed by atoms with Gasteiger partial charge >= 0.3 is 0 Å². The minimum absolute atomic E-state index is 0.297. The molecule has 2 aromatic rings. The van der Waals surface area contributed by atoms with Crippen molar-refractivity contribution in [2.45, 2.75) is 6.92 Å². The molecular weight excluding hydrogens is 254 g/mol. The largest absolute Gasteiger partial charge is 0.496 e. The molecule has 0 fully saturated rings. The number of nitrogens with one attached hydrogen (secondary N) is 1. The summed E-state index contributed by atoms with van der Waals surface area (Å²) in [6.07, 6.45) is 5.41. The molecule has 0 radical (unpaired) electrons. The molecule has 0 saturated heterocycles. The number of hydrogen-bond donors (Lipinski definition) is 1. The molecular formula is C15H17N3O2. The predicted molar refractivity (Wildman–Crippen MR) is 78.2 cm³/mol. The summed E-state index contributed by atoms with van der Waals surface area (Å²) in [4.78, 5) is 12.0. The third-order valence-corrected chi connectivity index (χ3v) is 2.84. The SMILES string of the molecule is COc1cc(C)ccc1C(=O)N/N=C\c1ccn(C)c1. The topological polar surface area (TPSA) is 55.6 Å². The molecule has 1 aromatic heterocycles.